The van der Waals surface area contributed by atoms with Crippen LogP contribution in [0, 0.1) is 0 Å². The topological polar surface area (TPSA) is 78.9 Å². The zero-order valence-electron chi connectivity index (χ0n) is 10.9. The molecule has 0 N–H and O–H groups in total. The molecule has 0 saturated carbocycles. The lowest BCUT2D eigenvalue weighted by molar-refractivity contribution is -0.137. The van der Waals surface area contributed by atoms with E-state index in [9.17, 15) is 14.4 Å². The highest BCUT2D eigenvalue weighted by Crippen LogP contribution is 2.30. The van der Waals surface area contributed by atoms with Crippen molar-refractivity contribution < 1.29 is 28.6 Å². The molecule has 0 atom stereocenters. The summed E-state index contributed by atoms with van der Waals surface area (Å²) in [6, 6.07) is 2.61. The van der Waals surface area contributed by atoms with Crippen molar-refractivity contribution >= 4 is 18.0 Å². The molecule has 1 rings (SSSR count). The fourth-order valence-corrected chi connectivity index (χ4v) is 1.50. The Morgan fingerprint density at radius 2 is 1.74 bits per heavy atom. The van der Waals surface area contributed by atoms with Crippen molar-refractivity contribution in [2.24, 2.45) is 0 Å². The monoisotopic (exact) mass is 266 g/mol. The summed E-state index contributed by atoms with van der Waals surface area (Å²) in [6.45, 7) is 1.66. The first-order chi connectivity index (χ1) is 9.08. The van der Waals surface area contributed by atoms with Gasteiger partial charge < -0.3 is 14.2 Å². The molecule has 6 heteroatoms. The van der Waals surface area contributed by atoms with Crippen LogP contribution in [0.25, 0.3) is 0 Å². The number of hydrogen-bond donors (Lipinski definition) is 0. The van der Waals surface area contributed by atoms with Crippen molar-refractivity contribution in [3.63, 3.8) is 0 Å². The Labute approximate surface area is 110 Å². The Bertz CT molecular complexity index is 506. The molecule has 19 heavy (non-hydrogen) atoms. The summed E-state index contributed by atoms with van der Waals surface area (Å²) in [7, 11) is 2.79. The van der Waals surface area contributed by atoms with Gasteiger partial charge in [0.25, 0.3) is 5.78 Å². The van der Waals surface area contributed by atoms with Gasteiger partial charge >= 0.3 is 5.97 Å². The summed E-state index contributed by atoms with van der Waals surface area (Å²) >= 11 is 0. The third kappa shape index (κ3) is 3.09. The van der Waals surface area contributed by atoms with Crippen LogP contribution in [0.2, 0.25) is 0 Å². The van der Waals surface area contributed by atoms with Gasteiger partial charge in [0.1, 0.15) is 0 Å². The first kappa shape index (κ1) is 14.7. The van der Waals surface area contributed by atoms with Gasteiger partial charge in [-0.2, -0.15) is 0 Å². The van der Waals surface area contributed by atoms with E-state index in [1.807, 2.05) is 0 Å². The van der Waals surface area contributed by atoms with E-state index in [0.717, 1.165) is 0 Å². The summed E-state index contributed by atoms with van der Waals surface area (Å²) in [5.74, 6) is -1.37. The fraction of sp³-hybridized carbons (Fsp3) is 0.308. The minimum Gasteiger partial charge on any atom is -0.493 e. The maximum atomic E-state index is 11.9. The average molecular weight is 266 g/mol. The second-order valence-corrected chi connectivity index (χ2v) is 3.46. The maximum absolute atomic E-state index is 11.9. The smallest absolute Gasteiger partial charge is 0.379 e. The standard InChI is InChI=1S/C13H14O6/c1-4-19-13(16)12(15)9-6-11(18-3)10(17-2)5-8(9)7-14/h5-7H,4H2,1-3H3. The zero-order valence-corrected chi connectivity index (χ0v) is 10.9. The van der Waals surface area contributed by atoms with E-state index in [1.54, 1.807) is 6.92 Å². The Morgan fingerprint density at radius 1 is 1.16 bits per heavy atom. The van der Waals surface area contributed by atoms with Crippen LogP contribution in [0.15, 0.2) is 12.1 Å². The van der Waals surface area contributed by atoms with Crippen LogP contribution >= 0.6 is 0 Å². The number of carbonyl (C=O) groups is 3. The van der Waals surface area contributed by atoms with Gasteiger partial charge in [-0.1, -0.05) is 0 Å². The number of benzene rings is 1. The number of Topliss-reactive ketones (excluding diaryl/α,β-unsaturated/α-hetero) is 1. The van der Waals surface area contributed by atoms with Crippen LogP contribution in [-0.4, -0.2) is 38.9 Å². The van der Waals surface area contributed by atoms with Gasteiger partial charge in [0.05, 0.1) is 20.8 Å². The lowest BCUT2D eigenvalue weighted by Crippen LogP contribution is -2.19. The van der Waals surface area contributed by atoms with Crippen LogP contribution in [0.1, 0.15) is 27.6 Å². The number of methoxy groups -OCH3 is 2. The van der Waals surface area contributed by atoms with Crippen LogP contribution in [0.3, 0.4) is 0 Å². The molecule has 0 saturated heterocycles. The van der Waals surface area contributed by atoms with Crippen molar-refractivity contribution in [1.29, 1.82) is 0 Å². The lowest BCUT2D eigenvalue weighted by atomic mass is 10.0. The van der Waals surface area contributed by atoms with Crippen molar-refractivity contribution in [1.82, 2.24) is 0 Å². The summed E-state index contributed by atoms with van der Waals surface area (Å²) in [6.07, 6.45) is 0.467. The third-order valence-corrected chi connectivity index (χ3v) is 2.39. The normalized spacial score (nSPS) is 9.63. The molecular formula is C13H14O6. The van der Waals surface area contributed by atoms with Gasteiger partial charge in [-0.25, -0.2) is 4.79 Å². The molecule has 1 aromatic rings. The van der Waals surface area contributed by atoms with E-state index in [1.165, 1.54) is 26.4 Å². The molecule has 0 heterocycles. The summed E-state index contributed by atoms with van der Waals surface area (Å²) < 4.78 is 14.6. The predicted molar refractivity (Wildman–Crippen MR) is 65.9 cm³/mol. The van der Waals surface area contributed by atoms with Crippen LogP contribution < -0.4 is 9.47 Å². The number of hydrogen-bond acceptors (Lipinski definition) is 6. The van der Waals surface area contributed by atoms with Crippen molar-refractivity contribution in [3.05, 3.63) is 23.3 Å². The zero-order chi connectivity index (χ0) is 14.4. The summed E-state index contributed by atoms with van der Waals surface area (Å²) in [5, 5.41) is 0. The van der Waals surface area contributed by atoms with Crippen molar-refractivity contribution in [2.75, 3.05) is 20.8 Å². The number of esters is 1. The molecule has 0 fully saturated rings. The van der Waals surface area contributed by atoms with E-state index < -0.39 is 11.8 Å². The van der Waals surface area contributed by atoms with E-state index in [4.69, 9.17) is 9.47 Å². The van der Waals surface area contributed by atoms with E-state index >= 15 is 0 Å². The lowest BCUT2D eigenvalue weighted by Gasteiger charge is -2.11. The number of ketones is 1. The van der Waals surface area contributed by atoms with Crippen molar-refractivity contribution in [3.8, 4) is 11.5 Å². The highest BCUT2D eigenvalue weighted by Gasteiger charge is 2.23. The van der Waals surface area contributed by atoms with Gasteiger partial charge in [-0.3, -0.25) is 9.59 Å². The molecule has 0 aromatic heterocycles. The molecule has 0 aliphatic heterocycles. The van der Waals surface area contributed by atoms with Gasteiger partial charge in [0.15, 0.2) is 17.8 Å². The molecule has 0 aliphatic rings. The van der Waals surface area contributed by atoms with Crippen molar-refractivity contribution in [2.45, 2.75) is 6.92 Å². The largest absolute Gasteiger partial charge is 0.493 e. The minimum atomic E-state index is -1.02. The molecule has 0 radical (unpaired) electrons. The predicted octanol–water partition coefficient (Wildman–Crippen LogP) is 1.26. The maximum Gasteiger partial charge on any atom is 0.379 e. The second kappa shape index (κ2) is 6.53. The molecule has 0 unspecified atom stereocenters. The van der Waals surface area contributed by atoms with E-state index in [-0.39, 0.29) is 23.5 Å². The Balaban J connectivity index is 3.29. The summed E-state index contributed by atoms with van der Waals surface area (Å²) in [4.78, 5) is 34.2. The number of rotatable bonds is 6. The minimum absolute atomic E-state index is 0.0377. The Hall–Kier alpha value is -2.37. The highest BCUT2D eigenvalue weighted by molar-refractivity contribution is 6.41. The molecule has 1 aromatic carbocycles. The molecule has 0 spiro atoms. The quantitative estimate of drug-likeness (QED) is 0.334. The van der Waals surface area contributed by atoms with Crippen LogP contribution in [0.5, 0.6) is 11.5 Å². The molecule has 6 nitrogen and oxygen atoms in total. The number of aldehydes is 1. The van der Waals surface area contributed by atoms with Gasteiger partial charge in [0.2, 0.25) is 0 Å². The third-order valence-electron chi connectivity index (χ3n) is 2.39. The number of carbonyl (C=O) groups excluding carboxylic acids is 3. The molecule has 102 valence electrons. The Morgan fingerprint density at radius 3 is 2.21 bits per heavy atom. The Kier molecular flexibility index (Phi) is 5.05. The second-order valence-electron chi connectivity index (χ2n) is 3.46. The molecule has 0 amide bonds. The molecule has 0 bridgehead atoms. The summed E-state index contributed by atoms with van der Waals surface area (Å²) in [5.41, 5.74) is -0.0400. The average Bonchev–Trinajstić information content (AvgIpc) is 2.45. The van der Waals surface area contributed by atoms with Crippen LogP contribution in [0.4, 0.5) is 0 Å². The van der Waals surface area contributed by atoms with Gasteiger partial charge in [-0.05, 0) is 19.1 Å². The first-order valence-corrected chi connectivity index (χ1v) is 5.51. The van der Waals surface area contributed by atoms with E-state index in [0.29, 0.717) is 12.0 Å². The first-order valence-electron chi connectivity index (χ1n) is 5.51. The van der Waals surface area contributed by atoms with Crippen LogP contribution in [-0.2, 0) is 9.53 Å². The molecular weight excluding hydrogens is 252 g/mol. The highest BCUT2D eigenvalue weighted by atomic mass is 16.5. The fourth-order valence-electron chi connectivity index (χ4n) is 1.50. The molecule has 0 aliphatic carbocycles. The van der Waals surface area contributed by atoms with Gasteiger partial charge in [-0.15, -0.1) is 0 Å². The van der Waals surface area contributed by atoms with E-state index in [2.05, 4.69) is 4.74 Å². The van der Waals surface area contributed by atoms with Gasteiger partial charge in [0, 0.05) is 11.1 Å². The SMILES string of the molecule is CCOC(=O)C(=O)c1cc(OC)c(OC)cc1C=O. The number of ether oxygens (including phenoxy) is 3.